The lowest BCUT2D eigenvalue weighted by molar-refractivity contribution is -0.172. The number of carbonyl (C=O) groups is 6. The number of esters is 1. The smallest absolute Gasteiger partial charge is 0.408 e. The summed E-state index contributed by atoms with van der Waals surface area (Å²) in [6.07, 6.45) is -2.08. The Labute approximate surface area is 385 Å². The molecule has 0 saturated carbocycles. The summed E-state index contributed by atoms with van der Waals surface area (Å²) in [4.78, 5) is 96.4. The number of nitrogens with one attached hydrogen (secondary N) is 5. The zero-order valence-electron chi connectivity index (χ0n) is 38.9. The second kappa shape index (κ2) is 18.4. The van der Waals surface area contributed by atoms with E-state index in [9.17, 15) is 38.7 Å². The number of fused-ring (bicyclic) bond motifs is 5. The number of halogens is 1. The van der Waals surface area contributed by atoms with Crippen LogP contribution in [-0.2, 0) is 58.6 Å². The highest BCUT2D eigenvalue weighted by Gasteiger charge is 2.46. The highest BCUT2D eigenvalue weighted by Crippen LogP contribution is 2.46. The van der Waals surface area contributed by atoms with E-state index in [0.29, 0.717) is 68.6 Å². The fraction of sp³-hybridized carbons (Fsp3) is 0.458. The fourth-order valence-corrected chi connectivity index (χ4v) is 8.88. The van der Waals surface area contributed by atoms with Crippen LogP contribution in [0.4, 0.5) is 19.7 Å². The Morgan fingerprint density at radius 1 is 1.00 bits per heavy atom. The van der Waals surface area contributed by atoms with Gasteiger partial charge in [0.2, 0.25) is 17.7 Å². The van der Waals surface area contributed by atoms with Crippen molar-refractivity contribution in [1.82, 2.24) is 30.8 Å². The molecule has 2 aliphatic heterocycles. The van der Waals surface area contributed by atoms with Crippen LogP contribution in [0.15, 0.2) is 41.2 Å². The first kappa shape index (κ1) is 48.1. The van der Waals surface area contributed by atoms with Crippen molar-refractivity contribution in [3.8, 4) is 11.4 Å². The minimum absolute atomic E-state index is 0.0304. The largest absolute Gasteiger partial charge is 0.458 e. The topological polar surface area (TPSA) is 245 Å². The molecule has 0 spiro atoms. The van der Waals surface area contributed by atoms with Crippen molar-refractivity contribution in [3.63, 3.8) is 0 Å². The number of aryl methyl sites for hydroxylation is 1. The first-order valence-electron chi connectivity index (χ1n) is 22.2. The molecule has 6 N–H and O–H groups in total. The number of hydrogen-bond donors (Lipinski definition) is 6. The van der Waals surface area contributed by atoms with Crippen molar-refractivity contribution < 1.29 is 52.5 Å². The number of benzene rings is 2. The van der Waals surface area contributed by atoms with Crippen molar-refractivity contribution in [2.24, 2.45) is 5.92 Å². The van der Waals surface area contributed by atoms with Gasteiger partial charge in [0.15, 0.2) is 5.60 Å². The Kier molecular flexibility index (Phi) is 13.2. The van der Waals surface area contributed by atoms with Crippen molar-refractivity contribution in [3.05, 3.63) is 91.5 Å². The maximum atomic E-state index is 15.5. The van der Waals surface area contributed by atoms with E-state index < -0.39 is 76.8 Å². The minimum Gasteiger partial charge on any atom is -0.458 e. The van der Waals surface area contributed by atoms with Crippen LogP contribution in [-0.4, -0.2) is 74.8 Å². The molecule has 5 amide bonds. The number of aromatic nitrogens is 2. The van der Waals surface area contributed by atoms with Crippen LogP contribution in [0.2, 0.25) is 0 Å². The summed E-state index contributed by atoms with van der Waals surface area (Å²) in [6.45, 7) is 14.2. The van der Waals surface area contributed by atoms with E-state index in [2.05, 4.69) is 26.6 Å². The number of pyridine rings is 2. The Morgan fingerprint density at radius 2 is 1.70 bits per heavy atom. The maximum absolute atomic E-state index is 15.5. The third kappa shape index (κ3) is 9.55. The molecule has 2 aromatic heterocycles. The molecular weight excluding hydrogens is 870 g/mol. The van der Waals surface area contributed by atoms with Gasteiger partial charge in [-0.1, -0.05) is 32.9 Å². The van der Waals surface area contributed by atoms with Crippen LogP contribution in [0.3, 0.4) is 0 Å². The standard InChI is InChI=1S/C48H56FN7O11/c1-10-48(64)31-17-35-40-29(20-56(35)43(60)30(31)21-65-44(48)61)38-33(16-15-28-23(4)32(49)18-34(54-40)37(28)38)55-46(63)66-36(19-50-45(62)67-47(7,8)9)26-11-13-27(14-12-26)53-41(58)24(5)51-42(59)39(22(2)3)52-25(6)57/h11-14,17-18,22,24,33,36,39,64H,10,15-16,19-21H2,1-9H3,(H,50,62)(H,51,59)(H,52,57)(H,53,58)(H,55,63)/t24-,33+,36+,39?,48-/m0/s1. The summed E-state index contributed by atoms with van der Waals surface area (Å²) in [5.41, 5.74) is 0.984. The molecule has 2 aromatic carbocycles. The number of anilines is 1. The molecule has 0 bridgehead atoms. The molecule has 356 valence electrons. The molecule has 3 aliphatic rings. The Morgan fingerprint density at radius 3 is 2.34 bits per heavy atom. The van der Waals surface area contributed by atoms with Crippen molar-refractivity contribution in [2.45, 2.75) is 130 Å². The van der Waals surface area contributed by atoms with Gasteiger partial charge in [-0.05, 0) is 100 Å². The molecule has 1 unspecified atom stereocenters. The fourth-order valence-electron chi connectivity index (χ4n) is 8.88. The second-order valence-corrected chi connectivity index (χ2v) is 18.6. The van der Waals surface area contributed by atoms with E-state index in [-0.39, 0.29) is 49.1 Å². The highest BCUT2D eigenvalue weighted by atomic mass is 19.1. The highest BCUT2D eigenvalue weighted by molar-refractivity contribution is 5.98. The summed E-state index contributed by atoms with van der Waals surface area (Å²) in [5, 5.41) is 25.7. The summed E-state index contributed by atoms with van der Waals surface area (Å²) < 4.78 is 33.7. The average molecular weight is 926 g/mol. The minimum atomic E-state index is -2.06. The van der Waals surface area contributed by atoms with E-state index in [0.717, 1.165) is 0 Å². The molecule has 0 radical (unpaired) electrons. The van der Waals surface area contributed by atoms with Crippen LogP contribution >= 0.6 is 0 Å². The average Bonchev–Trinajstić information content (AvgIpc) is 3.63. The lowest BCUT2D eigenvalue weighted by atomic mass is 9.81. The molecule has 0 fully saturated rings. The third-order valence-electron chi connectivity index (χ3n) is 12.4. The molecule has 4 heterocycles. The van der Waals surface area contributed by atoms with Gasteiger partial charge in [-0.15, -0.1) is 0 Å². The number of nitrogens with zero attached hydrogens (tertiary/aromatic N) is 2. The maximum Gasteiger partial charge on any atom is 0.408 e. The Bertz CT molecular complexity index is 2770. The number of cyclic esters (lactones) is 1. The van der Waals surface area contributed by atoms with Crippen LogP contribution in [0.25, 0.3) is 22.3 Å². The van der Waals surface area contributed by atoms with Gasteiger partial charge in [-0.25, -0.2) is 23.8 Å². The van der Waals surface area contributed by atoms with Crippen LogP contribution in [0.1, 0.15) is 119 Å². The Hall–Kier alpha value is -6.89. The van der Waals surface area contributed by atoms with Crippen LogP contribution in [0.5, 0.6) is 0 Å². The quantitative estimate of drug-likeness (QED) is 0.0707. The summed E-state index contributed by atoms with van der Waals surface area (Å²) in [7, 11) is 0. The summed E-state index contributed by atoms with van der Waals surface area (Å²) in [5.74, 6) is -3.01. The molecule has 19 heteroatoms. The van der Waals surface area contributed by atoms with Gasteiger partial charge >= 0.3 is 18.2 Å². The Balaban J connectivity index is 1.16. The number of carbonyl (C=O) groups excluding carboxylic acids is 6. The number of ether oxygens (including phenoxy) is 3. The molecule has 1 aliphatic carbocycles. The van der Waals surface area contributed by atoms with Crippen LogP contribution in [0, 0.1) is 18.7 Å². The van der Waals surface area contributed by atoms with Gasteiger partial charge in [0.25, 0.3) is 5.56 Å². The monoisotopic (exact) mass is 925 g/mol. The van der Waals surface area contributed by atoms with Gasteiger partial charge in [0.1, 0.15) is 36.2 Å². The van der Waals surface area contributed by atoms with Crippen molar-refractivity contribution in [2.75, 3.05) is 11.9 Å². The van der Waals surface area contributed by atoms with Crippen molar-refractivity contribution in [1.29, 1.82) is 0 Å². The SMILES string of the molecule is CC[C@@]1(O)C(=O)OCc2c1cc1n(c2=O)Cc2c-1nc1cc(F)c(C)c3c1c2[C@H](NC(=O)O[C@H](CNC(=O)OC(C)(C)C)c1ccc(NC(=O)[C@H](C)NC(=O)C(NC(C)=O)C(C)C)cc1)CC3. The van der Waals surface area contributed by atoms with Gasteiger partial charge in [-0.2, -0.15) is 0 Å². The number of rotatable bonds is 12. The lowest BCUT2D eigenvalue weighted by Gasteiger charge is -2.31. The van der Waals surface area contributed by atoms with Gasteiger partial charge in [-0.3, -0.25) is 19.2 Å². The van der Waals surface area contributed by atoms with Gasteiger partial charge in [0.05, 0.1) is 41.6 Å². The predicted molar refractivity (Wildman–Crippen MR) is 242 cm³/mol. The summed E-state index contributed by atoms with van der Waals surface area (Å²) in [6, 6.07) is 6.67. The molecule has 7 rings (SSSR count). The predicted octanol–water partition coefficient (Wildman–Crippen LogP) is 5.11. The number of aliphatic hydroxyl groups is 1. The van der Waals surface area contributed by atoms with E-state index in [1.165, 1.54) is 24.5 Å². The molecule has 4 aromatic rings. The lowest BCUT2D eigenvalue weighted by Crippen LogP contribution is -2.53. The van der Waals surface area contributed by atoms with Crippen molar-refractivity contribution >= 4 is 52.5 Å². The number of amides is 5. The van der Waals surface area contributed by atoms with Gasteiger partial charge in [0, 0.05) is 35.2 Å². The molecule has 5 atom stereocenters. The molecular formula is C48H56FN7O11. The van der Waals surface area contributed by atoms with E-state index in [4.69, 9.17) is 19.2 Å². The third-order valence-corrected chi connectivity index (χ3v) is 12.4. The van der Waals surface area contributed by atoms with E-state index in [1.54, 1.807) is 78.8 Å². The molecule has 18 nitrogen and oxygen atoms in total. The molecule has 67 heavy (non-hydrogen) atoms. The molecule has 0 saturated heterocycles. The zero-order chi connectivity index (χ0) is 48.9. The van der Waals surface area contributed by atoms with Gasteiger partial charge < -0.3 is 50.5 Å². The second-order valence-electron chi connectivity index (χ2n) is 18.6. The first-order chi connectivity index (χ1) is 31.5. The zero-order valence-corrected chi connectivity index (χ0v) is 38.9. The normalized spacial score (nSPS) is 18.3. The van der Waals surface area contributed by atoms with E-state index in [1.807, 2.05) is 0 Å². The van der Waals surface area contributed by atoms with E-state index >= 15 is 4.39 Å². The first-order valence-corrected chi connectivity index (χ1v) is 22.2. The number of hydrogen-bond acceptors (Lipinski definition) is 12. The van der Waals surface area contributed by atoms with Crippen LogP contribution < -0.4 is 32.1 Å². The number of alkyl carbamates (subject to hydrolysis) is 2. The summed E-state index contributed by atoms with van der Waals surface area (Å²) >= 11 is 0.